The van der Waals surface area contributed by atoms with Crippen molar-refractivity contribution in [1.82, 2.24) is 0 Å². The van der Waals surface area contributed by atoms with Gasteiger partial charge in [0.1, 0.15) is 24.4 Å². The third-order valence-corrected chi connectivity index (χ3v) is 3.52. The molecule has 0 spiro atoms. The highest BCUT2D eigenvalue weighted by Crippen LogP contribution is 2.32. The topological polar surface area (TPSA) is 120 Å². The minimum atomic E-state index is -1.46. The molecule has 0 aromatic heterocycles. The summed E-state index contributed by atoms with van der Waals surface area (Å²) in [7, 11) is 0. The van der Waals surface area contributed by atoms with Gasteiger partial charge >= 0.3 is 0 Å². The van der Waals surface area contributed by atoms with Crippen molar-refractivity contribution in [2.75, 3.05) is 6.61 Å². The van der Waals surface area contributed by atoms with Gasteiger partial charge in [-0.15, -0.1) is 0 Å². The molecule has 110 valence electrons. The summed E-state index contributed by atoms with van der Waals surface area (Å²) in [5.74, 6) is 0. The Morgan fingerprint density at radius 3 is 2.42 bits per heavy atom. The summed E-state index contributed by atoms with van der Waals surface area (Å²) in [6.07, 6.45) is -3.58. The second-order valence-corrected chi connectivity index (χ2v) is 5.26. The molecule has 19 heavy (non-hydrogen) atoms. The lowest BCUT2D eigenvalue weighted by molar-refractivity contribution is -0.319. The van der Waals surface area contributed by atoms with Crippen LogP contribution in [0.2, 0.25) is 0 Å². The fraction of sp³-hybridized carbons (Fsp3) is 0.833. The molecule has 0 amide bonds. The second-order valence-electron chi connectivity index (χ2n) is 5.26. The van der Waals surface area contributed by atoms with Crippen molar-refractivity contribution in [2.45, 2.75) is 55.8 Å². The zero-order valence-electron chi connectivity index (χ0n) is 10.6. The lowest BCUT2D eigenvalue weighted by Gasteiger charge is -2.42. The Bertz CT molecular complexity index is 345. The number of rotatable bonds is 3. The molecule has 7 heteroatoms. The number of hydrogen-bond donors (Lipinski definition) is 5. The van der Waals surface area contributed by atoms with E-state index in [4.69, 9.17) is 14.6 Å². The molecule has 0 bridgehead atoms. The van der Waals surface area contributed by atoms with E-state index in [1.165, 1.54) is 0 Å². The lowest BCUT2D eigenvalue weighted by atomic mass is 9.98. The molecule has 0 saturated carbocycles. The Kier molecular flexibility index (Phi) is 4.26. The van der Waals surface area contributed by atoms with Crippen molar-refractivity contribution in [1.29, 1.82) is 0 Å². The van der Waals surface area contributed by atoms with Gasteiger partial charge in [0, 0.05) is 6.42 Å². The number of aliphatic hydroxyl groups excluding tert-OH is 5. The van der Waals surface area contributed by atoms with Crippen molar-refractivity contribution in [3.8, 4) is 0 Å². The van der Waals surface area contributed by atoms with Crippen molar-refractivity contribution < 1.29 is 35.0 Å². The van der Waals surface area contributed by atoms with Crippen LogP contribution in [0, 0.1) is 0 Å². The quantitative estimate of drug-likeness (QED) is 0.374. The molecule has 1 aliphatic heterocycles. The summed E-state index contributed by atoms with van der Waals surface area (Å²) in [6, 6.07) is 0. The van der Waals surface area contributed by atoms with Crippen molar-refractivity contribution in [3.63, 3.8) is 0 Å². The zero-order chi connectivity index (χ0) is 14.2. The molecular formula is C12H20O7. The third kappa shape index (κ3) is 2.97. The molecular weight excluding hydrogens is 256 g/mol. The molecule has 1 fully saturated rings. The minimum Gasteiger partial charge on any atom is -0.394 e. The molecule has 1 heterocycles. The van der Waals surface area contributed by atoms with Gasteiger partial charge in [0.05, 0.1) is 18.3 Å². The van der Waals surface area contributed by atoms with Crippen molar-refractivity contribution in [2.24, 2.45) is 0 Å². The van der Waals surface area contributed by atoms with Crippen LogP contribution in [0.4, 0.5) is 0 Å². The molecule has 2 rings (SSSR count). The molecule has 1 saturated heterocycles. The Morgan fingerprint density at radius 1 is 1.21 bits per heavy atom. The predicted molar refractivity (Wildman–Crippen MR) is 63.0 cm³/mol. The van der Waals surface area contributed by atoms with Gasteiger partial charge in [0.15, 0.2) is 6.29 Å². The van der Waals surface area contributed by atoms with E-state index in [9.17, 15) is 20.4 Å². The maximum absolute atomic E-state index is 9.83. The summed E-state index contributed by atoms with van der Waals surface area (Å²) < 4.78 is 10.8. The highest BCUT2D eigenvalue weighted by atomic mass is 16.7. The van der Waals surface area contributed by atoms with E-state index < -0.39 is 49.0 Å². The number of hydrogen-bond acceptors (Lipinski definition) is 7. The summed E-state index contributed by atoms with van der Waals surface area (Å²) in [5, 5.41) is 47.6. The largest absolute Gasteiger partial charge is 0.394 e. The van der Waals surface area contributed by atoms with Gasteiger partial charge in [0.25, 0.3) is 0 Å². The molecule has 0 aromatic carbocycles. The molecule has 1 aliphatic carbocycles. The zero-order valence-corrected chi connectivity index (χ0v) is 10.6. The minimum absolute atomic E-state index is 0.308. The Balaban J connectivity index is 2.05. The molecule has 0 radical (unpaired) electrons. The van der Waals surface area contributed by atoms with Crippen LogP contribution >= 0.6 is 0 Å². The third-order valence-electron chi connectivity index (χ3n) is 3.52. The summed E-state index contributed by atoms with van der Waals surface area (Å²) in [4.78, 5) is 0. The maximum Gasteiger partial charge on any atom is 0.187 e. The van der Waals surface area contributed by atoms with Crippen LogP contribution < -0.4 is 0 Å². The number of aliphatic hydroxyl groups is 5. The van der Waals surface area contributed by atoms with Gasteiger partial charge in [-0.05, 0) is 6.92 Å². The van der Waals surface area contributed by atoms with Crippen LogP contribution in [-0.4, -0.2) is 74.6 Å². The standard InChI is InChI=1S/C12H20O7/c1-12(3-2-6(14)4-12)19-11-10(17)9(16)8(15)7(5-13)18-11/h2-3,6-11,13-17H,4-5H2,1H3/t6-,7+,8-,9-,10+,11-,12-/m0/s1. The van der Waals surface area contributed by atoms with E-state index in [2.05, 4.69) is 0 Å². The van der Waals surface area contributed by atoms with Crippen molar-refractivity contribution >= 4 is 0 Å². The normalized spacial score (nSPS) is 50.6. The van der Waals surface area contributed by atoms with Crippen LogP contribution in [0.15, 0.2) is 12.2 Å². The monoisotopic (exact) mass is 276 g/mol. The van der Waals surface area contributed by atoms with E-state index in [-0.39, 0.29) is 0 Å². The molecule has 0 unspecified atom stereocenters. The van der Waals surface area contributed by atoms with E-state index in [0.29, 0.717) is 6.42 Å². The van der Waals surface area contributed by atoms with Crippen LogP contribution in [0.3, 0.4) is 0 Å². The molecule has 2 aliphatic rings. The first kappa shape index (κ1) is 14.9. The van der Waals surface area contributed by atoms with Gasteiger partial charge in [-0.3, -0.25) is 0 Å². The summed E-state index contributed by atoms with van der Waals surface area (Å²) >= 11 is 0. The highest BCUT2D eigenvalue weighted by Gasteiger charge is 2.46. The van der Waals surface area contributed by atoms with E-state index in [0.717, 1.165) is 0 Å². The van der Waals surface area contributed by atoms with E-state index >= 15 is 0 Å². The highest BCUT2D eigenvalue weighted by molar-refractivity contribution is 5.12. The molecule has 7 atom stereocenters. The lowest BCUT2D eigenvalue weighted by Crippen LogP contribution is -2.60. The van der Waals surface area contributed by atoms with E-state index in [1.54, 1.807) is 19.1 Å². The van der Waals surface area contributed by atoms with Crippen LogP contribution in [-0.2, 0) is 9.47 Å². The first-order valence-electron chi connectivity index (χ1n) is 6.22. The maximum atomic E-state index is 9.83. The van der Waals surface area contributed by atoms with Crippen LogP contribution in [0.1, 0.15) is 13.3 Å². The first-order chi connectivity index (χ1) is 8.86. The average Bonchev–Trinajstić information content (AvgIpc) is 2.70. The predicted octanol–water partition coefficient (Wildman–Crippen LogP) is -2.12. The van der Waals surface area contributed by atoms with Crippen molar-refractivity contribution in [3.05, 3.63) is 12.2 Å². The van der Waals surface area contributed by atoms with Gasteiger partial charge in [0.2, 0.25) is 0 Å². The SMILES string of the molecule is C[C@]1(O[C@@H]2O[C@H](CO)[C@H](O)[C@H](O)[C@H]2O)C=C[C@H](O)C1. The first-order valence-corrected chi connectivity index (χ1v) is 6.22. The number of ether oxygens (including phenoxy) is 2. The fourth-order valence-corrected chi connectivity index (χ4v) is 2.38. The Labute approximate surface area is 110 Å². The summed E-state index contributed by atoms with van der Waals surface area (Å²) in [5.41, 5.74) is -0.826. The van der Waals surface area contributed by atoms with Crippen LogP contribution in [0.5, 0.6) is 0 Å². The summed E-state index contributed by atoms with van der Waals surface area (Å²) in [6.45, 7) is 1.21. The van der Waals surface area contributed by atoms with Gasteiger partial charge < -0.3 is 35.0 Å². The van der Waals surface area contributed by atoms with Gasteiger partial charge in [-0.2, -0.15) is 0 Å². The second kappa shape index (κ2) is 5.45. The molecule has 7 nitrogen and oxygen atoms in total. The molecule has 5 N–H and O–H groups in total. The van der Waals surface area contributed by atoms with Crippen LogP contribution in [0.25, 0.3) is 0 Å². The van der Waals surface area contributed by atoms with Gasteiger partial charge in [-0.1, -0.05) is 12.2 Å². The van der Waals surface area contributed by atoms with Gasteiger partial charge in [-0.25, -0.2) is 0 Å². The smallest absolute Gasteiger partial charge is 0.187 e. The Morgan fingerprint density at radius 2 is 1.89 bits per heavy atom. The fourth-order valence-electron chi connectivity index (χ4n) is 2.38. The molecule has 0 aromatic rings. The average molecular weight is 276 g/mol. The van der Waals surface area contributed by atoms with E-state index in [1.807, 2.05) is 0 Å². The Hall–Kier alpha value is -0.540.